The van der Waals surface area contributed by atoms with E-state index in [9.17, 15) is 13.2 Å². The van der Waals surface area contributed by atoms with Crippen LogP contribution in [0.4, 0.5) is 18.3 Å². The van der Waals surface area contributed by atoms with E-state index in [4.69, 9.17) is 0 Å². The van der Waals surface area contributed by atoms with Crippen molar-refractivity contribution in [1.29, 1.82) is 0 Å². The first-order valence-electron chi connectivity index (χ1n) is 5.61. The number of benzene rings is 1. The van der Waals surface area contributed by atoms with Gasteiger partial charge in [0.15, 0.2) is 5.13 Å². The molecule has 104 valence electrons. The van der Waals surface area contributed by atoms with E-state index in [2.05, 4.69) is 15.3 Å². The number of thiazole rings is 2. The molecular weight excluding hydrogens is 307 g/mol. The van der Waals surface area contributed by atoms with Crippen LogP contribution >= 0.6 is 22.7 Å². The lowest BCUT2D eigenvalue weighted by Gasteiger charge is -2.04. The lowest BCUT2D eigenvalue weighted by Crippen LogP contribution is -2.04. The normalized spacial score (nSPS) is 11.9. The number of rotatable bonds is 3. The van der Waals surface area contributed by atoms with Crippen LogP contribution in [0.5, 0.6) is 0 Å². The average Bonchev–Trinajstić information content (AvgIpc) is 3.03. The summed E-state index contributed by atoms with van der Waals surface area (Å²) in [4.78, 5) is 9.17. The van der Waals surface area contributed by atoms with Crippen molar-refractivity contribution in [1.82, 2.24) is 9.97 Å². The second-order valence-corrected chi connectivity index (χ2v) is 6.02. The average molecular weight is 315 g/mol. The Kier molecular flexibility index (Phi) is 3.35. The highest BCUT2D eigenvalue weighted by molar-refractivity contribution is 7.22. The molecule has 1 N–H and O–H groups in total. The van der Waals surface area contributed by atoms with E-state index in [0.717, 1.165) is 21.7 Å². The zero-order chi connectivity index (χ0) is 14.2. The Labute approximate surface area is 120 Å². The van der Waals surface area contributed by atoms with Crippen molar-refractivity contribution in [2.24, 2.45) is 0 Å². The number of aromatic nitrogens is 2. The number of anilines is 1. The van der Waals surface area contributed by atoms with E-state index in [0.29, 0.717) is 17.2 Å². The van der Waals surface area contributed by atoms with Gasteiger partial charge in [-0.15, -0.1) is 11.3 Å². The summed E-state index contributed by atoms with van der Waals surface area (Å²) in [5.74, 6) is 0. The largest absolute Gasteiger partial charge is 0.416 e. The molecule has 0 saturated carbocycles. The third-order valence-corrected chi connectivity index (χ3v) is 4.39. The van der Waals surface area contributed by atoms with Crippen LogP contribution in [-0.2, 0) is 12.7 Å². The highest BCUT2D eigenvalue weighted by Crippen LogP contribution is 2.34. The number of hydrogen-bond donors (Lipinski definition) is 1. The van der Waals surface area contributed by atoms with Gasteiger partial charge in [-0.05, 0) is 18.2 Å². The van der Waals surface area contributed by atoms with Crippen LogP contribution in [0.25, 0.3) is 10.2 Å². The van der Waals surface area contributed by atoms with Crippen LogP contribution in [0.2, 0.25) is 0 Å². The van der Waals surface area contributed by atoms with Gasteiger partial charge in [-0.3, -0.25) is 4.98 Å². The summed E-state index contributed by atoms with van der Waals surface area (Å²) < 4.78 is 38.6. The number of hydrogen-bond acceptors (Lipinski definition) is 5. The molecule has 0 fully saturated rings. The van der Waals surface area contributed by atoms with Gasteiger partial charge in [-0.2, -0.15) is 13.2 Å². The quantitative estimate of drug-likeness (QED) is 0.779. The molecule has 0 amide bonds. The number of halogens is 3. The van der Waals surface area contributed by atoms with Gasteiger partial charge in [0.25, 0.3) is 0 Å². The van der Waals surface area contributed by atoms with Crippen molar-refractivity contribution in [3.05, 3.63) is 40.3 Å². The molecule has 0 spiro atoms. The second-order valence-electron chi connectivity index (χ2n) is 4.02. The minimum Gasteiger partial charge on any atom is -0.357 e. The lowest BCUT2D eigenvalue weighted by molar-refractivity contribution is -0.137. The van der Waals surface area contributed by atoms with Crippen LogP contribution in [0.15, 0.2) is 29.9 Å². The van der Waals surface area contributed by atoms with Crippen molar-refractivity contribution in [2.45, 2.75) is 12.7 Å². The van der Waals surface area contributed by atoms with Gasteiger partial charge in [-0.25, -0.2) is 4.98 Å². The minimum absolute atomic E-state index is 0.358. The topological polar surface area (TPSA) is 37.8 Å². The van der Waals surface area contributed by atoms with Crippen LogP contribution in [-0.4, -0.2) is 9.97 Å². The number of alkyl halides is 3. The van der Waals surface area contributed by atoms with Gasteiger partial charge in [0.05, 0.1) is 27.8 Å². The predicted octanol–water partition coefficient (Wildman–Crippen LogP) is 4.38. The summed E-state index contributed by atoms with van der Waals surface area (Å²) in [7, 11) is 0. The van der Waals surface area contributed by atoms with Gasteiger partial charge < -0.3 is 5.32 Å². The molecular formula is C12H8F3N3S2. The summed E-state index contributed by atoms with van der Waals surface area (Å²) in [6, 6.07) is 3.60. The molecule has 0 unspecified atom stereocenters. The number of nitrogens with one attached hydrogen (secondary N) is 1. The Morgan fingerprint density at radius 2 is 2.10 bits per heavy atom. The Morgan fingerprint density at radius 1 is 1.25 bits per heavy atom. The fraction of sp³-hybridized carbons (Fsp3) is 0.167. The second kappa shape index (κ2) is 5.02. The van der Waals surface area contributed by atoms with E-state index >= 15 is 0 Å². The molecule has 8 heteroatoms. The molecule has 0 aliphatic carbocycles. The summed E-state index contributed by atoms with van der Waals surface area (Å²) in [5.41, 5.74) is 1.41. The summed E-state index contributed by atoms with van der Waals surface area (Å²) in [5, 5.41) is 3.70. The molecule has 0 radical (unpaired) electrons. The minimum atomic E-state index is -4.34. The van der Waals surface area contributed by atoms with Gasteiger partial charge in [0, 0.05) is 11.1 Å². The SMILES string of the molecule is FC(F)(F)c1ccc2sc(NCc3cncs3)nc2c1. The lowest BCUT2D eigenvalue weighted by atomic mass is 10.2. The van der Waals surface area contributed by atoms with E-state index in [1.165, 1.54) is 28.7 Å². The zero-order valence-electron chi connectivity index (χ0n) is 9.94. The Balaban J connectivity index is 1.83. The maximum atomic E-state index is 12.6. The Bertz CT molecular complexity index is 719. The maximum absolute atomic E-state index is 12.6. The van der Waals surface area contributed by atoms with Crippen LogP contribution in [0.3, 0.4) is 0 Å². The van der Waals surface area contributed by atoms with Gasteiger partial charge in [0.1, 0.15) is 0 Å². The molecule has 1 aromatic carbocycles. The highest BCUT2D eigenvalue weighted by Gasteiger charge is 2.30. The molecule has 0 aliphatic heterocycles. The molecule has 0 saturated heterocycles. The van der Waals surface area contributed by atoms with Crippen LogP contribution in [0, 0.1) is 0 Å². The van der Waals surface area contributed by atoms with Gasteiger partial charge in [-0.1, -0.05) is 11.3 Å². The third-order valence-electron chi connectivity index (χ3n) is 2.61. The first kappa shape index (κ1) is 13.3. The Morgan fingerprint density at radius 3 is 2.80 bits per heavy atom. The fourth-order valence-electron chi connectivity index (χ4n) is 1.67. The highest BCUT2D eigenvalue weighted by atomic mass is 32.1. The maximum Gasteiger partial charge on any atom is 0.416 e. The first-order valence-corrected chi connectivity index (χ1v) is 7.31. The monoisotopic (exact) mass is 315 g/mol. The van der Waals surface area contributed by atoms with E-state index < -0.39 is 11.7 Å². The van der Waals surface area contributed by atoms with Crippen molar-refractivity contribution in [3.8, 4) is 0 Å². The van der Waals surface area contributed by atoms with Crippen molar-refractivity contribution < 1.29 is 13.2 Å². The zero-order valence-corrected chi connectivity index (χ0v) is 11.6. The molecule has 3 rings (SSSR count). The molecule has 2 aromatic heterocycles. The fourth-order valence-corrected chi connectivity index (χ4v) is 3.05. The first-order chi connectivity index (χ1) is 9.52. The number of nitrogens with zero attached hydrogens (tertiary/aromatic N) is 2. The molecule has 0 aliphatic rings. The van der Waals surface area contributed by atoms with Gasteiger partial charge in [0.2, 0.25) is 0 Å². The van der Waals surface area contributed by atoms with Gasteiger partial charge >= 0.3 is 6.18 Å². The van der Waals surface area contributed by atoms with Crippen molar-refractivity contribution >= 4 is 38.0 Å². The molecule has 3 aromatic rings. The van der Waals surface area contributed by atoms with Crippen LogP contribution in [0.1, 0.15) is 10.4 Å². The predicted molar refractivity (Wildman–Crippen MR) is 74.1 cm³/mol. The smallest absolute Gasteiger partial charge is 0.357 e. The molecule has 20 heavy (non-hydrogen) atoms. The summed E-state index contributed by atoms with van der Waals surface area (Å²) >= 11 is 2.84. The van der Waals surface area contributed by atoms with E-state index in [-0.39, 0.29) is 0 Å². The number of fused-ring (bicyclic) bond motifs is 1. The van der Waals surface area contributed by atoms with E-state index in [1.54, 1.807) is 11.7 Å². The summed E-state index contributed by atoms with van der Waals surface area (Å²) in [6.45, 7) is 0.566. The third kappa shape index (κ3) is 2.75. The molecule has 0 bridgehead atoms. The Hall–Kier alpha value is -1.67. The summed E-state index contributed by atoms with van der Waals surface area (Å²) in [6.07, 6.45) is -2.60. The standard InChI is InChI=1S/C12H8F3N3S2/c13-12(14,15)7-1-2-10-9(3-7)18-11(20-10)17-5-8-4-16-6-19-8/h1-4,6H,5H2,(H,17,18). The molecule has 2 heterocycles. The molecule has 0 atom stereocenters. The van der Waals surface area contributed by atoms with Crippen LogP contribution < -0.4 is 5.32 Å². The molecule has 3 nitrogen and oxygen atoms in total. The van der Waals surface area contributed by atoms with Crippen molar-refractivity contribution in [3.63, 3.8) is 0 Å². The van der Waals surface area contributed by atoms with Crippen molar-refractivity contribution in [2.75, 3.05) is 5.32 Å². The van der Waals surface area contributed by atoms with E-state index in [1.807, 2.05) is 0 Å².